The van der Waals surface area contributed by atoms with Gasteiger partial charge in [-0.25, -0.2) is 4.98 Å². The molecule has 1 N–H and O–H groups in total. The van der Waals surface area contributed by atoms with Gasteiger partial charge in [0, 0.05) is 18.9 Å². The largest absolute Gasteiger partial charge is 0.332 e. The lowest BCUT2D eigenvalue weighted by atomic mass is 10.1. The Hall–Kier alpha value is -2.11. The molecule has 0 aliphatic carbocycles. The van der Waals surface area contributed by atoms with Gasteiger partial charge < -0.3 is 10.2 Å². The third kappa shape index (κ3) is 4.46. The number of amides is 2. The van der Waals surface area contributed by atoms with Crippen LogP contribution in [0.4, 0.5) is 5.69 Å². The van der Waals surface area contributed by atoms with E-state index in [0.717, 1.165) is 17.7 Å². The van der Waals surface area contributed by atoms with Crippen LogP contribution in [-0.2, 0) is 11.2 Å². The summed E-state index contributed by atoms with van der Waals surface area (Å²) in [6, 6.07) is 8.99. The van der Waals surface area contributed by atoms with Crippen LogP contribution < -0.4 is 5.32 Å². The number of halogens is 2. The van der Waals surface area contributed by atoms with Crippen molar-refractivity contribution in [3.8, 4) is 0 Å². The number of carbonyl (C=O) groups excluding carboxylic acids is 2. The Bertz CT molecular complexity index is 765. The number of hydrogen-bond acceptors (Lipinski definition) is 3. The van der Waals surface area contributed by atoms with Gasteiger partial charge in [-0.2, -0.15) is 0 Å². The fraction of sp³-hybridized carbons (Fsp3) is 0.235. The maximum atomic E-state index is 12.3. The van der Waals surface area contributed by atoms with E-state index in [9.17, 15) is 9.59 Å². The molecule has 2 rings (SSSR count). The molecule has 0 saturated carbocycles. The standard InChI is InChI=1S/C17H17Cl2N3O2/c1-3-11-6-4-5-7-14(11)21-15(23)10-22(2)17(24)12-8-13(18)16(19)20-9-12/h4-9H,3,10H2,1-2H3,(H,21,23). The van der Waals surface area contributed by atoms with Crippen molar-refractivity contribution in [1.29, 1.82) is 0 Å². The Balaban J connectivity index is 2.02. The number of nitrogens with one attached hydrogen (secondary N) is 1. The molecule has 1 aromatic heterocycles. The highest BCUT2D eigenvalue weighted by Crippen LogP contribution is 2.20. The lowest BCUT2D eigenvalue weighted by Gasteiger charge is -2.17. The SMILES string of the molecule is CCc1ccccc1NC(=O)CN(C)C(=O)c1cnc(Cl)c(Cl)c1. The summed E-state index contributed by atoms with van der Waals surface area (Å²) in [4.78, 5) is 29.6. The Morgan fingerprint density at radius 1 is 1.25 bits per heavy atom. The van der Waals surface area contributed by atoms with Crippen molar-refractivity contribution in [3.63, 3.8) is 0 Å². The summed E-state index contributed by atoms with van der Waals surface area (Å²) < 4.78 is 0. The molecular weight excluding hydrogens is 349 g/mol. The van der Waals surface area contributed by atoms with Crippen molar-refractivity contribution in [2.45, 2.75) is 13.3 Å². The Labute approximate surface area is 150 Å². The molecule has 0 aliphatic heterocycles. The van der Waals surface area contributed by atoms with E-state index in [1.807, 2.05) is 31.2 Å². The topological polar surface area (TPSA) is 62.3 Å². The van der Waals surface area contributed by atoms with Crippen LogP contribution in [0.15, 0.2) is 36.5 Å². The highest BCUT2D eigenvalue weighted by Gasteiger charge is 2.17. The zero-order valence-electron chi connectivity index (χ0n) is 13.3. The summed E-state index contributed by atoms with van der Waals surface area (Å²) in [6.45, 7) is 1.93. The van der Waals surface area contributed by atoms with Gasteiger partial charge in [-0.3, -0.25) is 9.59 Å². The smallest absolute Gasteiger partial charge is 0.255 e. The van der Waals surface area contributed by atoms with Crippen LogP contribution in [0.25, 0.3) is 0 Å². The van der Waals surface area contributed by atoms with E-state index in [1.54, 1.807) is 0 Å². The van der Waals surface area contributed by atoms with Crippen LogP contribution in [0.3, 0.4) is 0 Å². The second-order valence-electron chi connectivity index (χ2n) is 5.22. The lowest BCUT2D eigenvalue weighted by molar-refractivity contribution is -0.116. The van der Waals surface area contributed by atoms with Crippen LogP contribution in [0.2, 0.25) is 10.2 Å². The van der Waals surface area contributed by atoms with Crippen LogP contribution in [0.5, 0.6) is 0 Å². The minimum atomic E-state index is -0.361. The predicted octanol–water partition coefficient (Wildman–Crippen LogP) is 3.66. The van der Waals surface area contributed by atoms with Crippen molar-refractivity contribution in [3.05, 3.63) is 57.8 Å². The molecule has 7 heteroatoms. The average Bonchev–Trinajstić information content (AvgIpc) is 2.57. The fourth-order valence-corrected chi connectivity index (χ4v) is 2.46. The first kappa shape index (κ1) is 18.2. The molecule has 0 atom stereocenters. The van der Waals surface area contributed by atoms with Gasteiger partial charge in [-0.15, -0.1) is 0 Å². The summed E-state index contributed by atoms with van der Waals surface area (Å²) in [5.74, 6) is -0.639. The first-order valence-corrected chi connectivity index (χ1v) is 8.12. The highest BCUT2D eigenvalue weighted by atomic mass is 35.5. The first-order valence-electron chi connectivity index (χ1n) is 7.36. The van der Waals surface area contributed by atoms with Crippen molar-refractivity contribution in [1.82, 2.24) is 9.88 Å². The van der Waals surface area contributed by atoms with Gasteiger partial charge in [0.1, 0.15) is 5.15 Å². The van der Waals surface area contributed by atoms with Gasteiger partial charge in [0.15, 0.2) is 0 Å². The number of hydrogen-bond donors (Lipinski definition) is 1. The molecule has 1 aromatic carbocycles. The van der Waals surface area contributed by atoms with Crippen LogP contribution in [-0.4, -0.2) is 35.3 Å². The van der Waals surface area contributed by atoms with Crippen molar-refractivity contribution in [2.75, 3.05) is 18.9 Å². The predicted molar refractivity (Wildman–Crippen MR) is 95.7 cm³/mol. The number of likely N-dealkylation sites (N-methyl/N-ethyl adjacent to an activating group) is 1. The molecule has 2 amide bonds. The first-order chi connectivity index (χ1) is 11.4. The van der Waals surface area contributed by atoms with E-state index >= 15 is 0 Å². The van der Waals surface area contributed by atoms with Gasteiger partial charge in [0.25, 0.3) is 5.91 Å². The fourth-order valence-electron chi connectivity index (χ4n) is 2.19. The highest BCUT2D eigenvalue weighted by molar-refractivity contribution is 6.41. The molecule has 1 heterocycles. The molecule has 0 saturated heterocycles. The average molecular weight is 366 g/mol. The number of benzene rings is 1. The van der Waals surface area contributed by atoms with Gasteiger partial charge in [0.2, 0.25) is 5.91 Å². The number of aromatic nitrogens is 1. The Morgan fingerprint density at radius 3 is 2.62 bits per heavy atom. The van der Waals surface area contributed by atoms with Crippen LogP contribution >= 0.6 is 23.2 Å². The summed E-state index contributed by atoms with van der Waals surface area (Å²) >= 11 is 11.6. The Kier molecular flexibility index (Phi) is 6.17. The zero-order chi connectivity index (χ0) is 17.7. The normalized spacial score (nSPS) is 10.3. The van der Waals surface area contributed by atoms with Gasteiger partial charge in [-0.1, -0.05) is 48.3 Å². The second-order valence-corrected chi connectivity index (χ2v) is 5.98. The number of anilines is 1. The molecule has 0 fully saturated rings. The molecule has 2 aromatic rings. The van der Waals surface area contributed by atoms with Gasteiger partial charge in [-0.05, 0) is 24.1 Å². The quantitative estimate of drug-likeness (QED) is 0.822. The monoisotopic (exact) mass is 365 g/mol. The second kappa shape index (κ2) is 8.13. The van der Waals surface area contributed by atoms with Crippen LogP contribution in [0.1, 0.15) is 22.8 Å². The Morgan fingerprint density at radius 2 is 1.96 bits per heavy atom. The van der Waals surface area contributed by atoms with Crippen molar-refractivity contribution < 1.29 is 9.59 Å². The summed E-state index contributed by atoms with van der Waals surface area (Å²) in [5.41, 5.74) is 2.06. The number of rotatable bonds is 5. The van der Waals surface area contributed by atoms with Crippen molar-refractivity contribution >= 4 is 40.7 Å². The van der Waals surface area contributed by atoms with E-state index < -0.39 is 0 Å². The number of para-hydroxylation sites is 1. The molecule has 0 unspecified atom stereocenters. The van der Waals surface area contributed by atoms with Gasteiger partial charge in [0.05, 0.1) is 17.1 Å². The maximum Gasteiger partial charge on any atom is 0.255 e. The minimum Gasteiger partial charge on any atom is -0.332 e. The van der Waals surface area contributed by atoms with Crippen molar-refractivity contribution in [2.24, 2.45) is 0 Å². The molecule has 0 bridgehead atoms. The third-order valence-electron chi connectivity index (χ3n) is 3.44. The zero-order valence-corrected chi connectivity index (χ0v) is 14.9. The summed E-state index contributed by atoms with van der Waals surface area (Å²) in [5, 5.41) is 3.14. The number of aryl methyl sites for hydroxylation is 1. The number of pyridine rings is 1. The van der Waals surface area contributed by atoms with Gasteiger partial charge >= 0.3 is 0 Å². The van der Waals surface area contributed by atoms with E-state index in [-0.39, 0.29) is 34.1 Å². The molecule has 5 nitrogen and oxygen atoms in total. The number of nitrogens with zero attached hydrogens (tertiary/aromatic N) is 2. The molecule has 0 radical (unpaired) electrons. The third-order valence-corrected chi connectivity index (χ3v) is 4.13. The van der Waals surface area contributed by atoms with E-state index in [2.05, 4.69) is 10.3 Å². The summed E-state index contributed by atoms with van der Waals surface area (Å²) in [6.07, 6.45) is 2.14. The minimum absolute atomic E-state index is 0.0862. The number of carbonyl (C=O) groups is 2. The maximum absolute atomic E-state index is 12.3. The molecule has 24 heavy (non-hydrogen) atoms. The molecular formula is C17H17Cl2N3O2. The molecule has 0 aliphatic rings. The van der Waals surface area contributed by atoms with E-state index in [0.29, 0.717) is 0 Å². The van der Waals surface area contributed by atoms with Crippen LogP contribution in [0, 0.1) is 0 Å². The molecule has 0 spiro atoms. The summed E-state index contributed by atoms with van der Waals surface area (Å²) in [7, 11) is 1.54. The lowest BCUT2D eigenvalue weighted by Crippen LogP contribution is -2.35. The van der Waals surface area contributed by atoms with E-state index in [4.69, 9.17) is 23.2 Å². The van der Waals surface area contributed by atoms with E-state index in [1.165, 1.54) is 24.2 Å². The molecule has 126 valence electrons.